The number of amides is 1. The van der Waals surface area contributed by atoms with Crippen molar-refractivity contribution in [3.8, 4) is 0 Å². The lowest BCUT2D eigenvalue weighted by Crippen LogP contribution is -2.45. The molecule has 0 aliphatic rings. The summed E-state index contributed by atoms with van der Waals surface area (Å²) in [5.74, 6) is -0.205. The largest absolute Gasteiger partial charge is 0.756 e. The molecule has 0 fully saturated rings. The number of likely N-dealkylation sites (N-methyl/N-ethyl adjacent to an activating group) is 1. The van der Waals surface area contributed by atoms with Crippen LogP contribution in [0.3, 0.4) is 0 Å². The maximum atomic E-state index is 13.0. The minimum atomic E-state index is -4.61. The summed E-state index contributed by atoms with van der Waals surface area (Å²) in [5, 5.41) is 13.9. The SMILES string of the molecule is CCCCCCCCCCCCCCCCCCCC/C=C/CC/C=C/CC/C=C/C(O)C(COP(=O)([O-])OCC[N+](C)(C)C)NC(=O)CCCCCCCCCCCCCCCCCCCCCCCCC. The summed E-state index contributed by atoms with van der Waals surface area (Å²) >= 11 is 0. The standard InChI is InChI=1S/C64H125N2O6P/c1-6-8-10-12-14-16-18-20-22-24-26-28-30-31-32-33-34-36-37-39-41-43-45-47-49-51-53-55-57-63(67)62(61-72-73(69,70)71-60-59-66(3,4)5)65-64(68)58-56-54-52-50-48-46-44-42-40-38-35-29-27-25-23-21-19-17-15-13-11-9-7-2/h39,41,47,49,55,57,62-63,67H,6-38,40,42-46,48,50-54,56,58-61H2,1-5H3,(H-,65,68,69,70)/b41-39+,49-47+,57-55+. The Bertz CT molecular complexity index is 1280. The van der Waals surface area contributed by atoms with Gasteiger partial charge < -0.3 is 28.8 Å². The molecule has 432 valence electrons. The van der Waals surface area contributed by atoms with Crippen LogP contribution in [0.25, 0.3) is 0 Å². The average molecular weight is 1050 g/mol. The maximum absolute atomic E-state index is 13.0. The van der Waals surface area contributed by atoms with E-state index in [1.54, 1.807) is 6.08 Å². The normalized spacial score (nSPS) is 14.0. The van der Waals surface area contributed by atoms with E-state index in [2.05, 4.69) is 43.5 Å². The third-order valence-electron chi connectivity index (χ3n) is 14.6. The highest BCUT2D eigenvalue weighted by Gasteiger charge is 2.23. The molecule has 0 aromatic heterocycles. The number of unbranched alkanes of at least 4 members (excludes halogenated alkanes) is 42. The Kier molecular flexibility index (Phi) is 54.5. The number of hydrogen-bond donors (Lipinski definition) is 2. The van der Waals surface area contributed by atoms with Crippen LogP contribution < -0.4 is 10.2 Å². The molecule has 0 spiro atoms. The number of aliphatic hydroxyl groups excluding tert-OH is 1. The van der Waals surface area contributed by atoms with Crippen molar-refractivity contribution in [3.05, 3.63) is 36.5 Å². The number of nitrogens with one attached hydrogen (secondary N) is 1. The van der Waals surface area contributed by atoms with E-state index in [9.17, 15) is 19.4 Å². The second kappa shape index (κ2) is 55.5. The lowest BCUT2D eigenvalue weighted by molar-refractivity contribution is -0.870. The fourth-order valence-corrected chi connectivity index (χ4v) is 10.3. The predicted molar refractivity (Wildman–Crippen MR) is 316 cm³/mol. The van der Waals surface area contributed by atoms with Gasteiger partial charge in [-0.1, -0.05) is 301 Å². The van der Waals surface area contributed by atoms with Gasteiger partial charge in [0.1, 0.15) is 13.2 Å². The van der Waals surface area contributed by atoms with Crippen LogP contribution >= 0.6 is 7.82 Å². The van der Waals surface area contributed by atoms with Crippen molar-refractivity contribution >= 4 is 13.7 Å². The van der Waals surface area contributed by atoms with E-state index < -0.39 is 26.6 Å². The summed E-state index contributed by atoms with van der Waals surface area (Å²) in [6.07, 6.45) is 72.5. The quantitative estimate of drug-likeness (QED) is 0.0272. The number of allylic oxidation sites excluding steroid dienone is 5. The molecule has 73 heavy (non-hydrogen) atoms. The molecule has 0 aliphatic carbocycles. The second-order valence-corrected chi connectivity index (χ2v) is 24.5. The van der Waals surface area contributed by atoms with E-state index >= 15 is 0 Å². The van der Waals surface area contributed by atoms with Gasteiger partial charge >= 0.3 is 0 Å². The molecule has 9 heteroatoms. The first-order valence-electron chi connectivity index (χ1n) is 31.9. The zero-order valence-electron chi connectivity index (χ0n) is 49.4. The second-order valence-electron chi connectivity index (χ2n) is 23.1. The molecule has 0 rings (SSSR count). The van der Waals surface area contributed by atoms with E-state index in [0.717, 1.165) is 44.9 Å². The number of nitrogens with zero attached hydrogens (tertiary/aromatic N) is 1. The van der Waals surface area contributed by atoms with Crippen LogP contribution in [-0.4, -0.2) is 68.5 Å². The Hall–Kier alpha value is -1.28. The number of hydrogen-bond acceptors (Lipinski definition) is 6. The van der Waals surface area contributed by atoms with Crippen LogP contribution in [0, 0.1) is 0 Å². The van der Waals surface area contributed by atoms with E-state index in [4.69, 9.17) is 9.05 Å². The van der Waals surface area contributed by atoms with E-state index in [1.165, 1.54) is 250 Å². The van der Waals surface area contributed by atoms with Crippen molar-refractivity contribution in [2.24, 2.45) is 0 Å². The number of phosphoric acid groups is 1. The molecule has 0 saturated carbocycles. The molecule has 0 bridgehead atoms. The van der Waals surface area contributed by atoms with E-state index in [0.29, 0.717) is 17.4 Å². The Labute approximate surface area is 455 Å². The van der Waals surface area contributed by atoms with Crippen LogP contribution in [0.2, 0.25) is 0 Å². The van der Waals surface area contributed by atoms with Crippen molar-refractivity contribution < 1.29 is 32.9 Å². The predicted octanol–water partition coefficient (Wildman–Crippen LogP) is 19.1. The van der Waals surface area contributed by atoms with Gasteiger partial charge in [0.15, 0.2) is 0 Å². The number of aliphatic hydroxyl groups is 1. The Morgan fingerprint density at radius 1 is 0.466 bits per heavy atom. The third-order valence-corrected chi connectivity index (χ3v) is 15.5. The minimum Gasteiger partial charge on any atom is -0.756 e. The molecule has 0 heterocycles. The van der Waals surface area contributed by atoms with Crippen LogP contribution in [-0.2, 0) is 18.4 Å². The Morgan fingerprint density at radius 3 is 1.11 bits per heavy atom. The van der Waals surface area contributed by atoms with Gasteiger partial charge in [0.2, 0.25) is 5.91 Å². The van der Waals surface area contributed by atoms with Crippen molar-refractivity contribution in [1.82, 2.24) is 5.32 Å². The first-order chi connectivity index (χ1) is 35.5. The summed E-state index contributed by atoms with van der Waals surface area (Å²) in [6, 6.07) is -0.909. The van der Waals surface area contributed by atoms with Gasteiger partial charge in [0, 0.05) is 6.42 Å². The molecular formula is C64H125N2O6P. The summed E-state index contributed by atoms with van der Waals surface area (Å²) in [6.45, 7) is 4.67. The van der Waals surface area contributed by atoms with Gasteiger partial charge in [-0.25, -0.2) is 0 Å². The number of carbonyl (C=O) groups is 1. The minimum absolute atomic E-state index is 0.00721. The van der Waals surface area contributed by atoms with Crippen molar-refractivity contribution in [3.63, 3.8) is 0 Å². The molecule has 0 aromatic carbocycles. The van der Waals surface area contributed by atoms with Crippen LogP contribution in [0.4, 0.5) is 0 Å². The van der Waals surface area contributed by atoms with Gasteiger partial charge in [-0.15, -0.1) is 0 Å². The molecule has 0 aromatic rings. The molecule has 8 nitrogen and oxygen atoms in total. The average Bonchev–Trinajstić information content (AvgIpc) is 3.35. The topological polar surface area (TPSA) is 108 Å². The maximum Gasteiger partial charge on any atom is 0.268 e. The highest BCUT2D eigenvalue weighted by atomic mass is 31.2. The number of phosphoric ester groups is 1. The molecule has 2 N–H and O–H groups in total. The van der Waals surface area contributed by atoms with Crippen LogP contribution in [0.1, 0.15) is 316 Å². The number of quaternary nitrogens is 1. The molecule has 0 saturated heterocycles. The van der Waals surface area contributed by atoms with Gasteiger partial charge in [-0.3, -0.25) is 9.36 Å². The van der Waals surface area contributed by atoms with E-state index in [-0.39, 0.29) is 12.5 Å². The molecule has 1 amide bonds. The molecule has 3 atom stereocenters. The molecular weight excluding hydrogens is 924 g/mol. The monoisotopic (exact) mass is 1050 g/mol. The van der Waals surface area contributed by atoms with Crippen LogP contribution in [0.5, 0.6) is 0 Å². The molecule has 0 aliphatic heterocycles. The fourth-order valence-electron chi connectivity index (χ4n) is 9.60. The number of rotatable bonds is 59. The summed E-state index contributed by atoms with van der Waals surface area (Å²) in [5.41, 5.74) is 0. The summed E-state index contributed by atoms with van der Waals surface area (Å²) in [4.78, 5) is 25.5. The summed E-state index contributed by atoms with van der Waals surface area (Å²) in [7, 11) is 1.25. The van der Waals surface area contributed by atoms with Crippen LogP contribution in [0.15, 0.2) is 36.5 Å². The molecule has 0 radical (unpaired) electrons. The van der Waals surface area contributed by atoms with Crippen molar-refractivity contribution in [2.45, 2.75) is 328 Å². The molecule has 3 unspecified atom stereocenters. The van der Waals surface area contributed by atoms with Gasteiger partial charge in [0.25, 0.3) is 7.82 Å². The zero-order chi connectivity index (χ0) is 53.5. The van der Waals surface area contributed by atoms with E-state index in [1.807, 2.05) is 27.2 Å². The Morgan fingerprint density at radius 2 is 0.767 bits per heavy atom. The zero-order valence-corrected chi connectivity index (χ0v) is 50.3. The smallest absolute Gasteiger partial charge is 0.268 e. The lowest BCUT2D eigenvalue weighted by Gasteiger charge is -2.29. The van der Waals surface area contributed by atoms with Gasteiger partial charge in [-0.05, 0) is 44.9 Å². The third kappa shape index (κ3) is 58.2. The summed E-state index contributed by atoms with van der Waals surface area (Å²) < 4.78 is 23.4. The Balaban J connectivity index is 4.19. The van der Waals surface area contributed by atoms with Gasteiger partial charge in [-0.2, -0.15) is 0 Å². The van der Waals surface area contributed by atoms with Gasteiger partial charge in [0.05, 0.1) is 39.9 Å². The van der Waals surface area contributed by atoms with Crippen molar-refractivity contribution in [2.75, 3.05) is 40.9 Å². The lowest BCUT2D eigenvalue weighted by atomic mass is 10.0. The highest BCUT2D eigenvalue weighted by Crippen LogP contribution is 2.38. The fraction of sp³-hybridized carbons (Fsp3) is 0.891. The van der Waals surface area contributed by atoms with Crippen molar-refractivity contribution in [1.29, 1.82) is 0 Å². The number of carbonyl (C=O) groups excluding carboxylic acids is 1. The first kappa shape index (κ1) is 71.7. The highest BCUT2D eigenvalue weighted by molar-refractivity contribution is 7.45. The first-order valence-corrected chi connectivity index (χ1v) is 33.3.